The van der Waals surface area contributed by atoms with E-state index in [9.17, 15) is 24.9 Å². The first-order valence-electron chi connectivity index (χ1n) is 15.1. The Labute approximate surface area is 243 Å². The average molecular weight is 568 g/mol. The van der Waals surface area contributed by atoms with Gasteiger partial charge >= 0.3 is 5.97 Å². The number of carbonyl (C=O) groups is 2. The zero-order valence-corrected chi connectivity index (χ0v) is 24.0. The summed E-state index contributed by atoms with van der Waals surface area (Å²) in [5.41, 5.74) is 3.05. The molecule has 224 valence electrons. The number of hydrogen-bond donors (Lipinski definition) is 4. The van der Waals surface area contributed by atoms with E-state index in [1.807, 2.05) is 42.5 Å². The number of aliphatic hydroxyl groups is 3. The number of unbranched alkanes of at least 4 members (excludes halogenated alkanes) is 2. The monoisotopic (exact) mass is 567 g/mol. The van der Waals surface area contributed by atoms with Crippen LogP contribution in [0.3, 0.4) is 0 Å². The van der Waals surface area contributed by atoms with Gasteiger partial charge in [0.1, 0.15) is 12.4 Å². The summed E-state index contributed by atoms with van der Waals surface area (Å²) in [6, 6.07) is 13.9. The van der Waals surface area contributed by atoms with Crippen molar-refractivity contribution >= 4 is 11.9 Å². The van der Waals surface area contributed by atoms with Gasteiger partial charge in [0.05, 0.1) is 18.8 Å². The molecule has 0 radical (unpaired) electrons. The highest BCUT2D eigenvalue weighted by Crippen LogP contribution is 2.48. The topological polar surface area (TPSA) is 125 Å². The van der Waals surface area contributed by atoms with Gasteiger partial charge in [-0.2, -0.15) is 0 Å². The summed E-state index contributed by atoms with van der Waals surface area (Å²) in [5.74, 6) is 0.271. The number of nitrogens with one attached hydrogen (secondary N) is 1. The highest BCUT2D eigenvalue weighted by Gasteiger charge is 2.44. The van der Waals surface area contributed by atoms with Crippen molar-refractivity contribution in [3.63, 3.8) is 0 Å². The second-order valence-electron chi connectivity index (χ2n) is 11.6. The van der Waals surface area contributed by atoms with E-state index in [0.29, 0.717) is 17.6 Å². The van der Waals surface area contributed by atoms with E-state index in [1.165, 1.54) is 5.56 Å². The molecule has 4 N–H and O–H groups in total. The summed E-state index contributed by atoms with van der Waals surface area (Å²) >= 11 is 0. The van der Waals surface area contributed by atoms with Gasteiger partial charge in [0.15, 0.2) is 12.6 Å². The molecule has 0 saturated heterocycles. The maximum Gasteiger partial charge on any atom is 0.331 e. The van der Waals surface area contributed by atoms with Gasteiger partial charge in [-0.15, -0.1) is 0 Å². The number of amides is 1. The molecule has 2 aliphatic carbocycles. The molecule has 1 saturated carbocycles. The molecule has 41 heavy (non-hydrogen) atoms. The number of fused-ring (bicyclic) bond motifs is 2. The maximum atomic E-state index is 12.6. The highest BCUT2D eigenvalue weighted by molar-refractivity contribution is 5.85. The van der Waals surface area contributed by atoms with E-state index in [4.69, 9.17) is 9.47 Å². The standard InChI is InChI=1S/C33H45NO7/c1-2-3-5-12-25(36)14-15-26-27-16-23-11-8-13-31(28(23)17-24(27)18-30(26)37)40-21-32(38)34-29(19-35)33(39)41-20-22-9-6-4-7-10-22/h4,6-11,13,24-27,29-30,35-37H,2-3,5,12,14-21H2,1H3,(H,34,38)/t24-,25-,26+,27-,29-,30+/m0/s1. The van der Waals surface area contributed by atoms with Crippen LogP contribution < -0.4 is 10.1 Å². The highest BCUT2D eigenvalue weighted by atomic mass is 16.5. The second-order valence-corrected chi connectivity index (χ2v) is 11.6. The molecule has 4 rings (SSSR count). The molecule has 2 aromatic rings. The number of hydrogen-bond acceptors (Lipinski definition) is 7. The predicted molar refractivity (Wildman–Crippen MR) is 155 cm³/mol. The number of aliphatic hydroxyl groups excluding tert-OH is 3. The molecule has 2 aliphatic rings. The minimum atomic E-state index is -1.18. The van der Waals surface area contributed by atoms with Gasteiger partial charge in [0.2, 0.25) is 0 Å². The maximum absolute atomic E-state index is 12.6. The van der Waals surface area contributed by atoms with Crippen molar-refractivity contribution in [3.05, 3.63) is 65.2 Å². The van der Waals surface area contributed by atoms with E-state index in [2.05, 4.69) is 18.3 Å². The largest absolute Gasteiger partial charge is 0.483 e. The smallest absolute Gasteiger partial charge is 0.331 e. The van der Waals surface area contributed by atoms with E-state index in [1.54, 1.807) is 0 Å². The van der Waals surface area contributed by atoms with Crippen molar-refractivity contribution in [2.45, 2.75) is 89.6 Å². The Balaban J connectivity index is 1.29. The molecule has 0 heterocycles. The number of benzene rings is 2. The lowest BCUT2D eigenvalue weighted by Gasteiger charge is -2.32. The molecule has 1 fully saturated rings. The summed E-state index contributed by atoms with van der Waals surface area (Å²) in [5, 5.41) is 33.5. The zero-order chi connectivity index (χ0) is 29.2. The van der Waals surface area contributed by atoms with Crippen LogP contribution in [0, 0.1) is 17.8 Å². The van der Waals surface area contributed by atoms with Crippen molar-refractivity contribution in [1.29, 1.82) is 0 Å². The van der Waals surface area contributed by atoms with Crippen LogP contribution >= 0.6 is 0 Å². The van der Waals surface area contributed by atoms with E-state index >= 15 is 0 Å². The Morgan fingerprint density at radius 2 is 1.85 bits per heavy atom. The lowest BCUT2D eigenvalue weighted by atomic mass is 9.73. The van der Waals surface area contributed by atoms with Gasteiger partial charge < -0.3 is 30.1 Å². The van der Waals surface area contributed by atoms with Gasteiger partial charge in [-0.05, 0) is 79.0 Å². The molecule has 0 aliphatic heterocycles. The molecule has 0 aromatic heterocycles. The first-order chi connectivity index (χ1) is 19.9. The number of esters is 1. The van der Waals surface area contributed by atoms with Crippen LogP contribution in [0.5, 0.6) is 5.75 Å². The van der Waals surface area contributed by atoms with Crippen molar-refractivity contribution in [3.8, 4) is 5.75 Å². The normalized spacial score (nSPS) is 22.7. The Hall–Kier alpha value is -2.94. The first kappa shape index (κ1) is 31.0. The predicted octanol–water partition coefficient (Wildman–Crippen LogP) is 3.72. The minimum Gasteiger partial charge on any atom is -0.483 e. The average Bonchev–Trinajstić information content (AvgIpc) is 3.29. The van der Waals surface area contributed by atoms with E-state index in [0.717, 1.165) is 68.9 Å². The molecule has 8 heteroatoms. The van der Waals surface area contributed by atoms with Gasteiger partial charge in [0.25, 0.3) is 5.91 Å². The molecule has 8 nitrogen and oxygen atoms in total. The van der Waals surface area contributed by atoms with Crippen LogP contribution in [-0.2, 0) is 33.8 Å². The fourth-order valence-electron chi connectivity index (χ4n) is 6.49. The van der Waals surface area contributed by atoms with Gasteiger partial charge in [-0.3, -0.25) is 4.79 Å². The third kappa shape index (κ3) is 8.53. The SMILES string of the molecule is CCCCC[C@H](O)CC[C@@H]1[C@H]2Cc3cccc(OCC(=O)N[C@@H](CO)C(=O)OCc4ccccc4)c3C[C@H]2C[C@H]1O. The number of rotatable bonds is 15. The van der Waals surface area contributed by atoms with Crippen LogP contribution in [-0.4, -0.2) is 58.7 Å². The Kier molecular flexibility index (Phi) is 11.6. The van der Waals surface area contributed by atoms with Crippen molar-refractivity contribution in [2.24, 2.45) is 17.8 Å². The van der Waals surface area contributed by atoms with Gasteiger partial charge in [-0.1, -0.05) is 68.7 Å². The van der Waals surface area contributed by atoms with Crippen LogP contribution in [0.25, 0.3) is 0 Å². The molecule has 0 spiro atoms. The minimum absolute atomic E-state index is 0.0515. The van der Waals surface area contributed by atoms with Gasteiger partial charge in [0, 0.05) is 0 Å². The third-order valence-electron chi connectivity index (χ3n) is 8.71. The Bertz CT molecular complexity index is 1120. The Morgan fingerprint density at radius 1 is 1.05 bits per heavy atom. The Morgan fingerprint density at radius 3 is 2.61 bits per heavy atom. The molecule has 6 atom stereocenters. The summed E-state index contributed by atoms with van der Waals surface area (Å²) < 4.78 is 11.1. The first-order valence-corrected chi connectivity index (χ1v) is 15.1. The fraction of sp³-hybridized carbons (Fsp3) is 0.576. The van der Waals surface area contributed by atoms with Crippen LogP contribution in [0.4, 0.5) is 0 Å². The summed E-state index contributed by atoms with van der Waals surface area (Å²) in [6.07, 6.45) is 7.40. The lowest BCUT2D eigenvalue weighted by Crippen LogP contribution is -2.46. The van der Waals surface area contributed by atoms with Gasteiger partial charge in [-0.25, -0.2) is 4.79 Å². The lowest BCUT2D eigenvalue weighted by molar-refractivity contribution is -0.150. The van der Waals surface area contributed by atoms with Crippen molar-refractivity contribution < 1.29 is 34.4 Å². The summed E-state index contributed by atoms with van der Waals surface area (Å²) in [4.78, 5) is 25.0. The molecular weight excluding hydrogens is 522 g/mol. The number of carbonyl (C=O) groups excluding carboxylic acids is 2. The quantitative estimate of drug-likeness (QED) is 0.191. The van der Waals surface area contributed by atoms with Crippen LogP contribution in [0.2, 0.25) is 0 Å². The molecule has 0 bridgehead atoms. The summed E-state index contributed by atoms with van der Waals surface area (Å²) in [7, 11) is 0. The summed E-state index contributed by atoms with van der Waals surface area (Å²) in [6.45, 7) is 1.33. The fourth-order valence-corrected chi connectivity index (χ4v) is 6.49. The van der Waals surface area contributed by atoms with E-state index in [-0.39, 0.29) is 31.3 Å². The van der Waals surface area contributed by atoms with Crippen LogP contribution in [0.15, 0.2) is 48.5 Å². The molecular formula is C33H45NO7. The van der Waals surface area contributed by atoms with E-state index < -0.39 is 24.5 Å². The molecule has 2 aromatic carbocycles. The zero-order valence-electron chi connectivity index (χ0n) is 24.0. The van der Waals surface area contributed by atoms with Crippen molar-refractivity contribution in [2.75, 3.05) is 13.2 Å². The molecule has 0 unspecified atom stereocenters. The van der Waals surface area contributed by atoms with Crippen LogP contribution in [0.1, 0.15) is 68.6 Å². The number of ether oxygens (including phenoxy) is 2. The van der Waals surface area contributed by atoms with Crippen molar-refractivity contribution in [1.82, 2.24) is 5.32 Å². The third-order valence-corrected chi connectivity index (χ3v) is 8.71. The molecule has 1 amide bonds. The second kappa shape index (κ2) is 15.3.